The molecule has 17 heavy (non-hydrogen) atoms. The van der Waals surface area contributed by atoms with Crippen LogP contribution in [0, 0.1) is 5.92 Å². The van der Waals surface area contributed by atoms with Crippen LogP contribution in [0.4, 0.5) is 0 Å². The molecule has 0 bridgehead atoms. The average molecular weight is 236 g/mol. The lowest BCUT2D eigenvalue weighted by molar-refractivity contribution is 0.148. The Morgan fingerprint density at radius 2 is 2.12 bits per heavy atom. The van der Waals surface area contributed by atoms with Crippen molar-refractivity contribution < 1.29 is 4.74 Å². The zero-order chi connectivity index (χ0) is 12.3. The highest BCUT2D eigenvalue weighted by molar-refractivity contribution is 5.22. The molecule has 98 valence electrons. The maximum Gasteiger partial charge on any atom is 0.0713 e. The summed E-state index contributed by atoms with van der Waals surface area (Å²) in [5, 5.41) is 0. The summed E-state index contributed by atoms with van der Waals surface area (Å²) in [5.41, 5.74) is 1.36. The Balaban J connectivity index is 2.00. The van der Waals surface area contributed by atoms with Crippen molar-refractivity contribution in [3.8, 4) is 0 Å². The second-order valence-electron chi connectivity index (χ2n) is 5.02. The van der Waals surface area contributed by atoms with Gasteiger partial charge in [-0.1, -0.05) is 51.3 Å². The van der Waals surface area contributed by atoms with E-state index in [4.69, 9.17) is 4.74 Å². The van der Waals surface area contributed by atoms with Crippen molar-refractivity contribution in [2.24, 2.45) is 5.92 Å². The van der Waals surface area contributed by atoms with Crippen LogP contribution in [-0.2, 0) is 4.74 Å². The lowest BCUT2D eigenvalue weighted by atomic mass is 9.96. The predicted molar refractivity (Wildman–Crippen MR) is 75.2 cm³/mol. The molecule has 0 heterocycles. The van der Waals surface area contributed by atoms with Gasteiger partial charge in [-0.25, -0.2) is 0 Å². The monoisotopic (exact) mass is 236 g/mol. The van der Waals surface area contributed by atoms with Crippen LogP contribution in [0.2, 0.25) is 0 Å². The van der Waals surface area contributed by atoms with Crippen molar-refractivity contribution in [3.05, 3.63) is 23.8 Å². The number of hydrogen-bond acceptors (Lipinski definition) is 1. The van der Waals surface area contributed by atoms with Gasteiger partial charge in [-0.15, -0.1) is 0 Å². The van der Waals surface area contributed by atoms with Crippen LogP contribution in [0.15, 0.2) is 23.8 Å². The number of ether oxygens (including phenoxy) is 1. The third kappa shape index (κ3) is 6.68. The van der Waals surface area contributed by atoms with Gasteiger partial charge in [-0.05, 0) is 37.2 Å². The molecule has 1 atom stereocenters. The minimum atomic E-state index is 0.807. The summed E-state index contributed by atoms with van der Waals surface area (Å²) in [4.78, 5) is 0. The Bertz CT molecular complexity index is 240. The van der Waals surface area contributed by atoms with Crippen molar-refractivity contribution >= 4 is 0 Å². The quantitative estimate of drug-likeness (QED) is 0.518. The van der Waals surface area contributed by atoms with Gasteiger partial charge < -0.3 is 4.74 Å². The molecule has 1 heteroatoms. The summed E-state index contributed by atoms with van der Waals surface area (Å²) in [5.74, 6) is 0.914. The Morgan fingerprint density at radius 1 is 1.24 bits per heavy atom. The lowest BCUT2D eigenvalue weighted by Gasteiger charge is -2.13. The summed E-state index contributed by atoms with van der Waals surface area (Å²) in [6, 6.07) is 0. The molecule has 0 aromatic heterocycles. The second kappa shape index (κ2) is 9.47. The van der Waals surface area contributed by atoms with Gasteiger partial charge in [0.25, 0.3) is 0 Å². The molecular formula is C16H28O. The van der Waals surface area contributed by atoms with Crippen molar-refractivity contribution in [1.82, 2.24) is 0 Å². The van der Waals surface area contributed by atoms with Gasteiger partial charge >= 0.3 is 0 Å². The van der Waals surface area contributed by atoms with E-state index in [1.807, 2.05) is 0 Å². The van der Waals surface area contributed by atoms with Crippen LogP contribution in [-0.4, -0.2) is 13.2 Å². The maximum atomic E-state index is 5.73. The average Bonchev–Trinajstić information content (AvgIpc) is 2.38. The molecule has 1 unspecified atom stereocenters. The Labute approximate surface area is 107 Å². The molecule has 1 nitrogen and oxygen atoms in total. The highest BCUT2D eigenvalue weighted by Crippen LogP contribution is 2.17. The number of allylic oxidation sites excluding steroid dienone is 2. The van der Waals surface area contributed by atoms with E-state index in [0.29, 0.717) is 0 Å². The van der Waals surface area contributed by atoms with Crippen LogP contribution in [0.1, 0.15) is 58.8 Å². The first-order valence-corrected chi connectivity index (χ1v) is 7.30. The molecule has 1 rings (SSSR count). The summed E-state index contributed by atoms with van der Waals surface area (Å²) >= 11 is 0. The van der Waals surface area contributed by atoms with E-state index in [9.17, 15) is 0 Å². The molecular weight excluding hydrogens is 208 g/mol. The highest BCUT2D eigenvalue weighted by Gasteiger charge is 2.04. The summed E-state index contributed by atoms with van der Waals surface area (Å²) in [7, 11) is 0. The third-order valence-electron chi connectivity index (χ3n) is 3.52. The smallest absolute Gasteiger partial charge is 0.0713 e. The van der Waals surface area contributed by atoms with Gasteiger partial charge in [0.2, 0.25) is 0 Å². The number of rotatable bonds is 9. The molecule has 0 amide bonds. The van der Waals surface area contributed by atoms with Crippen LogP contribution >= 0.6 is 0 Å². The maximum absolute atomic E-state index is 5.73. The van der Waals surface area contributed by atoms with E-state index in [1.54, 1.807) is 0 Å². The fourth-order valence-corrected chi connectivity index (χ4v) is 2.40. The zero-order valence-electron chi connectivity index (χ0n) is 11.6. The van der Waals surface area contributed by atoms with Crippen molar-refractivity contribution in [3.63, 3.8) is 0 Å². The van der Waals surface area contributed by atoms with Crippen molar-refractivity contribution in [2.75, 3.05) is 13.2 Å². The first-order chi connectivity index (χ1) is 8.36. The molecule has 0 aromatic carbocycles. The first kappa shape index (κ1) is 14.5. The zero-order valence-corrected chi connectivity index (χ0v) is 11.6. The summed E-state index contributed by atoms with van der Waals surface area (Å²) in [6.07, 6.45) is 15.7. The summed E-state index contributed by atoms with van der Waals surface area (Å²) in [6.45, 7) is 6.31. The third-order valence-corrected chi connectivity index (χ3v) is 3.52. The van der Waals surface area contributed by atoms with Crippen molar-refractivity contribution in [1.29, 1.82) is 0 Å². The highest BCUT2D eigenvalue weighted by atomic mass is 16.5. The fraction of sp³-hybridized carbons (Fsp3) is 0.750. The molecule has 0 aliphatic heterocycles. The molecule has 0 N–H and O–H groups in total. The van der Waals surface area contributed by atoms with Gasteiger partial charge in [-0.3, -0.25) is 0 Å². The minimum absolute atomic E-state index is 0.807. The van der Waals surface area contributed by atoms with Crippen LogP contribution in [0.5, 0.6) is 0 Å². The fourth-order valence-electron chi connectivity index (χ4n) is 2.40. The first-order valence-electron chi connectivity index (χ1n) is 7.30. The molecule has 0 fully saturated rings. The van der Waals surface area contributed by atoms with Crippen LogP contribution in [0.3, 0.4) is 0 Å². The second-order valence-corrected chi connectivity index (χ2v) is 5.02. The summed E-state index contributed by atoms with van der Waals surface area (Å²) < 4.78 is 5.73. The van der Waals surface area contributed by atoms with Gasteiger partial charge in [0.05, 0.1) is 6.61 Å². The minimum Gasteiger partial charge on any atom is -0.377 e. The topological polar surface area (TPSA) is 9.23 Å². The Kier molecular flexibility index (Phi) is 8.08. The van der Waals surface area contributed by atoms with E-state index in [-0.39, 0.29) is 0 Å². The molecule has 0 saturated carbocycles. The molecule has 0 spiro atoms. The van der Waals surface area contributed by atoms with E-state index >= 15 is 0 Å². The SMILES string of the molecule is CCCC(CC)CCCOCC1=CCCC=C1. The Hall–Kier alpha value is -0.560. The molecule has 0 radical (unpaired) electrons. The van der Waals surface area contributed by atoms with Gasteiger partial charge in [0.1, 0.15) is 0 Å². The molecule has 1 aliphatic carbocycles. The van der Waals surface area contributed by atoms with Crippen LogP contribution < -0.4 is 0 Å². The van der Waals surface area contributed by atoms with Gasteiger partial charge in [-0.2, -0.15) is 0 Å². The molecule has 0 saturated heterocycles. The van der Waals surface area contributed by atoms with Crippen LogP contribution in [0.25, 0.3) is 0 Å². The predicted octanol–water partition coefficient (Wildman–Crippen LogP) is 4.89. The van der Waals surface area contributed by atoms with E-state index in [0.717, 1.165) is 19.1 Å². The normalized spacial score (nSPS) is 16.9. The lowest BCUT2D eigenvalue weighted by Crippen LogP contribution is -2.04. The molecule has 1 aliphatic rings. The van der Waals surface area contributed by atoms with Crippen molar-refractivity contribution in [2.45, 2.75) is 58.8 Å². The van der Waals surface area contributed by atoms with Gasteiger partial charge in [0.15, 0.2) is 0 Å². The number of hydrogen-bond donors (Lipinski definition) is 0. The standard InChI is InChI=1S/C16H28O/c1-3-9-15(4-2)12-8-13-17-14-16-10-6-5-7-11-16/h6,10-11,15H,3-5,7-9,12-14H2,1-2H3. The largest absolute Gasteiger partial charge is 0.377 e. The van der Waals surface area contributed by atoms with E-state index in [1.165, 1.54) is 50.5 Å². The van der Waals surface area contributed by atoms with Gasteiger partial charge in [0, 0.05) is 6.61 Å². The Morgan fingerprint density at radius 3 is 2.76 bits per heavy atom. The van der Waals surface area contributed by atoms with E-state index in [2.05, 4.69) is 32.1 Å². The van der Waals surface area contributed by atoms with E-state index < -0.39 is 0 Å². The molecule has 0 aromatic rings.